The van der Waals surface area contributed by atoms with Crippen molar-refractivity contribution in [2.45, 2.75) is 45.9 Å². The van der Waals surface area contributed by atoms with Crippen LogP contribution in [-0.2, 0) is 31.7 Å². The van der Waals surface area contributed by atoms with Crippen LogP contribution in [0.5, 0.6) is 0 Å². The van der Waals surface area contributed by atoms with Crippen molar-refractivity contribution in [1.29, 1.82) is 0 Å². The fraction of sp³-hybridized carbons (Fsp3) is 0.417. The average molecular weight is 475 g/mol. The summed E-state index contributed by atoms with van der Waals surface area (Å²) in [6, 6.07) is 13.3. The van der Waals surface area contributed by atoms with Crippen LogP contribution in [0.15, 0.2) is 47.5 Å². The van der Waals surface area contributed by atoms with Crippen LogP contribution in [-0.4, -0.2) is 37.9 Å². The van der Waals surface area contributed by atoms with E-state index in [9.17, 15) is 13.2 Å². The Morgan fingerprint density at radius 1 is 1.16 bits per heavy atom. The summed E-state index contributed by atoms with van der Waals surface area (Å²) in [5, 5.41) is 0. The summed E-state index contributed by atoms with van der Waals surface area (Å²) in [6.07, 6.45) is 0.366. The third kappa shape index (κ3) is 6.60. The van der Waals surface area contributed by atoms with Crippen LogP contribution >= 0.6 is 11.3 Å². The van der Waals surface area contributed by atoms with Crippen LogP contribution < -0.4 is 4.80 Å². The monoisotopic (exact) mass is 474 g/mol. The lowest BCUT2D eigenvalue weighted by Crippen LogP contribution is -2.20. The van der Waals surface area contributed by atoms with Crippen LogP contribution in [0.4, 0.5) is 0 Å². The van der Waals surface area contributed by atoms with Gasteiger partial charge >= 0.3 is 0 Å². The van der Waals surface area contributed by atoms with E-state index in [4.69, 9.17) is 4.74 Å². The lowest BCUT2D eigenvalue weighted by atomic mass is 10.1. The normalized spacial score (nSPS) is 12.5. The van der Waals surface area contributed by atoms with Gasteiger partial charge in [0.2, 0.25) is 5.91 Å². The van der Waals surface area contributed by atoms with Gasteiger partial charge in [-0.05, 0) is 49.9 Å². The zero-order valence-corrected chi connectivity index (χ0v) is 20.5. The molecule has 1 aromatic heterocycles. The Kier molecular flexibility index (Phi) is 8.39. The largest absolute Gasteiger partial charge is 0.380 e. The highest BCUT2D eigenvalue weighted by molar-refractivity contribution is 7.90. The van der Waals surface area contributed by atoms with Crippen LogP contribution in [0, 0.1) is 13.8 Å². The van der Waals surface area contributed by atoms with Gasteiger partial charge in [0.1, 0.15) is 0 Å². The second-order valence-corrected chi connectivity index (χ2v) is 11.0. The Balaban J connectivity index is 1.73. The Bertz CT molecular complexity index is 1240. The van der Waals surface area contributed by atoms with Gasteiger partial charge < -0.3 is 9.30 Å². The van der Waals surface area contributed by atoms with E-state index in [0.717, 1.165) is 26.9 Å². The van der Waals surface area contributed by atoms with Crippen LogP contribution in [0.1, 0.15) is 36.5 Å². The van der Waals surface area contributed by atoms with E-state index in [2.05, 4.69) is 31.0 Å². The third-order valence-electron chi connectivity index (χ3n) is 5.07. The molecular formula is C24H30N2O4S2. The van der Waals surface area contributed by atoms with Gasteiger partial charge in [-0.1, -0.05) is 47.7 Å². The maximum absolute atomic E-state index is 12.6. The number of sulfone groups is 1. The molecule has 8 heteroatoms. The van der Waals surface area contributed by atoms with Crippen molar-refractivity contribution >= 4 is 37.3 Å². The van der Waals surface area contributed by atoms with E-state index in [1.165, 1.54) is 11.3 Å². The number of aromatic nitrogens is 1. The number of fused-ring (bicyclic) bond motifs is 1. The standard InChI is InChI=1S/C24H30N2O4S2/c1-4-30-13-12-26-21-16-18(2)15-19(3)23(21)31-24(26)25-22(27)11-8-14-32(28,29)17-20-9-6-5-7-10-20/h5-7,9-10,15-16H,4,8,11-14,17H2,1-3H3. The molecule has 6 nitrogen and oxygen atoms in total. The lowest BCUT2D eigenvalue weighted by Gasteiger charge is -2.07. The lowest BCUT2D eigenvalue weighted by molar-refractivity contribution is -0.118. The summed E-state index contributed by atoms with van der Waals surface area (Å²) in [5.74, 6) is -0.338. The molecule has 0 fully saturated rings. The number of aryl methyl sites for hydroxylation is 2. The van der Waals surface area contributed by atoms with Crippen molar-refractivity contribution < 1.29 is 17.9 Å². The molecule has 3 rings (SSSR count). The fourth-order valence-corrected chi connectivity index (χ4v) is 6.17. The van der Waals surface area contributed by atoms with Gasteiger partial charge in [-0.3, -0.25) is 4.79 Å². The molecule has 0 saturated carbocycles. The predicted octanol–water partition coefficient (Wildman–Crippen LogP) is 4.18. The number of nitrogens with zero attached hydrogens (tertiary/aromatic N) is 2. The van der Waals surface area contributed by atoms with Crippen LogP contribution in [0.3, 0.4) is 0 Å². The molecule has 0 radical (unpaired) electrons. The van der Waals surface area contributed by atoms with Gasteiger partial charge in [0.15, 0.2) is 14.6 Å². The summed E-state index contributed by atoms with van der Waals surface area (Å²) in [4.78, 5) is 17.5. The number of hydrogen-bond acceptors (Lipinski definition) is 5. The Morgan fingerprint density at radius 2 is 1.91 bits per heavy atom. The van der Waals surface area contributed by atoms with Gasteiger partial charge in [0, 0.05) is 19.6 Å². The smallest absolute Gasteiger partial charge is 0.248 e. The summed E-state index contributed by atoms with van der Waals surface area (Å²) < 4.78 is 33.4. The molecule has 0 saturated heterocycles. The molecule has 0 aliphatic carbocycles. The maximum Gasteiger partial charge on any atom is 0.248 e. The molecule has 0 aliphatic heterocycles. The van der Waals surface area contributed by atoms with Crippen molar-refractivity contribution in [3.05, 3.63) is 64.0 Å². The molecule has 0 spiro atoms. The first-order valence-corrected chi connectivity index (χ1v) is 13.4. The number of benzene rings is 2. The molecule has 0 N–H and O–H groups in total. The van der Waals surface area contributed by atoms with E-state index >= 15 is 0 Å². The molecule has 0 atom stereocenters. The molecule has 32 heavy (non-hydrogen) atoms. The first-order valence-electron chi connectivity index (χ1n) is 10.8. The number of amides is 1. The number of thiazole rings is 1. The number of carbonyl (C=O) groups is 1. The van der Waals surface area contributed by atoms with E-state index in [1.54, 1.807) is 12.1 Å². The Labute approximate surface area is 193 Å². The summed E-state index contributed by atoms with van der Waals surface area (Å²) >= 11 is 1.49. The van der Waals surface area contributed by atoms with Crippen molar-refractivity contribution in [2.75, 3.05) is 19.0 Å². The molecule has 0 unspecified atom stereocenters. The van der Waals surface area contributed by atoms with E-state index in [-0.39, 0.29) is 30.3 Å². The van der Waals surface area contributed by atoms with Gasteiger partial charge in [0.05, 0.1) is 28.3 Å². The topological polar surface area (TPSA) is 77.7 Å². The van der Waals surface area contributed by atoms with Crippen LogP contribution in [0.25, 0.3) is 10.2 Å². The highest BCUT2D eigenvalue weighted by Gasteiger charge is 2.14. The number of rotatable bonds is 10. The minimum absolute atomic E-state index is 0.00839. The quantitative estimate of drug-likeness (QED) is 0.413. The minimum Gasteiger partial charge on any atom is -0.380 e. The molecule has 2 aromatic carbocycles. The second kappa shape index (κ2) is 11.0. The SMILES string of the molecule is CCOCCn1c(=NC(=O)CCCS(=O)(=O)Cc2ccccc2)sc2c(C)cc(C)cc21. The van der Waals surface area contributed by atoms with E-state index < -0.39 is 9.84 Å². The number of carbonyl (C=O) groups excluding carboxylic acids is 1. The van der Waals surface area contributed by atoms with Crippen LogP contribution in [0.2, 0.25) is 0 Å². The van der Waals surface area contributed by atoms with E-state index in [0.29, 0.717) is 24.6 Å². The van der Waals surface area contributed by atoms with Crippen molar-refractivity contribution in [3.63, 3.8) is 0 Å². The third-order valence-corrected chi connectivity index (χ3v) is 7.99. The first kappa shape index (κ1) is 24.4. The number of hydrogen-bond donors (Lipinski definition) is 0. The zero-order valence-electron chi connectivity index (χ0n) is 18.8. The van der Waals surface area contributed by atoms with Gasteiger partial charge in [-0.25, -0.2) is 8.42 Å². The Morgan fingerprint density at radius 3 is 2.62 bits per heavy atom. The average Bonchev–Trinajstić information content (AvgIpc) is 3.06. The highest BCUT2D eigenvalue weighted by atomic mass is 32.2. The fourth-order valence-electron chi connectivity index (χ4n) is 3.62. The predicted molar refractivity (Wildman–Crippen MR) is 130 cm³/mol. The molecule has 1 heterocycles. The highest BCUT2D eigenvalue weighted by Crippen LogP contribution is 2.23. The molecule has 172 valence electrons. The molecule has 0 aliphatic rings. The maximum atomic E-state index is 12.6. The van der Waals surface area contributed by atoms with Crippen molar-refractivity contribution in [2.24, 2.45) is 4.99 Å². The first-order chi connectivity index (χ1) is 15.3. The van der Waals surface area contributed by atoms with Crippen molar-refractivity contribution in [3.8, 4) is 0 Å². The summed E-state index contributed by atoms with van der Waals surface area (Å²) in [5.41, 5.74) is 4.11. The van der Waals surface area contributed by atoms with Gasteiger partial charge in [-0.2, -0.15) is 4.99 Å². The second-order valence-electron chi connectivity index (χ2n) is 7.85. The molecule has 3 aromatic rings. The number of ether oxygens (including phenoxy) is 1. The van der Waals surface area contributed by atoms with Crippen molar-refractivity contribution in [1.82, 2.24) is 4.57 Å². The molecule has 1 amide bonds. The summed E-state index contributed by atoms with van der Waals surface area (Å²) in [7, 11) is -3.27. The van der Waals surface area contributed by atoms with Gasteiger partial charge in [-0.15, -0.1) is 0 Å². The molecular weight excluding hydrogens is 444 g/mol. The van der Waals surface area contributed by atoms with E-state index in [1.807, 2.05) is 29.7 Å². The zero-order chi connectivity index (χ0) is 23.1. The Hall–Kier alpha value is -2.29. The van der Waals surface area contributed by atoms with Gasteiger partial charge in [0.25, 0.3) is 0 Å². The molecule has 0 bridgehead atoms. The summed E-state index contributed by atoms with van der Waals surface area (Å²) in [6.45, 7) is 7.83. The minimum atomic E-state index is -3.27.